The largest absolute Gasteiger partial charge is 0.444 e. The molecule has 9 heteroatoms. The lowest BCUT2D eigenvalue weighted by Gasteiger charge is -2.27. The summed E-state index contributed by atoms with van der Waals surface area (Å²) in [7, 11) is 0. The lowest BCUT2D eigenvalue weighted by Crippen LogP contribution is -2.38. The second-order valence-corrected chi connectivity index (χ2v) is 9.59. The summed E-state index contributed by atoms with van der Waals surface area (Å²) in [4.78, 5) is 29.4. The molecule has 1 unspecified atom stereocenters. The highest BCUT2D eigenvalue weighted by molar-refractivity contribution is 7.22. The van der Waals surface area contributed by atoms with Crippen molar-refractivity contribution in [3.8, 4) is 0 Å². The number of thiazole rings is 1. The van der Waals surface area contributed by atoms with E-state index in [0.29, 0.717) is 24.9 Å². The van der Waals surface area contributed by atoms with Gasteiger partial charge in [-0.2, -0.15) is 0 Å². The number of hydrogen-bond acceptors (Lipinski definition) is 7. The number of ether oxygens (including phenoxy) is 3. The Labute approximate surface area is 194 Å². The third-order valence-corrected chi connectivity index (χ3v) is 5.79. The Morgan fingerprint density at radius 2 is 1.78 bits per heavy atom. The molecule has 0 saturated heterocycles. The fourth-order valence-electron chi connectivity index (χ4n) is 3.09. The number of aromatic nitrogens is 1. The fourth-order valence-corrected chi connectivity index (χ4v) is 3.99. The maximum absolute atomic E-state index is 12.8. The molecule has 0 bridgehead atoms. The molecule has 1 aromatic carbocycles. The van der Waals surface area contributed by atoms with Crippen LogP contribution in [-0.2, 0) is 25.5 Å². The van der Waals surface area contributed by atoms with Gasteiger partial charge in [0.1, 0.15) is 5.60 Å². The van der Waals surface area contributed by atoms with Gasteiger partial charge in [0.25, 0.3) is 0 Å². The monoisotopic (exact) mass is 465 g/mol. The van der Waals surface area contributed by atoms with E-state index >= 15 is 0 Å². The molecule has 32 heavy (non-hydrogen) atoms. The van der Waals surface area contributed by atoms with Gasteiger partial charge in [0.05, 0.1) is 10.2 Å². The lowest BCUT2D eigenvalue weighted by molar-refractivity contribution is -0.175. The molecule has 2 atom stereocenters. The van der Waals surface area contributed by atoms with E-state index in [9.17, 15) is 9.59 Å². The van der Waals surface area contributed by atoms with E-state index in [-0.39, 0.29) is 17.7 Å². The normalized spacial score (nSPS) is 13.8. The molecule has 0 aliphatic heterocycles. The van der Waals surface area contributed by atoms with Gasteiger partial charge in [-0.1, -0.05) is 37.3 Å². The molecule has 0 aliphatic carbocycles. The summed E-state index contributed by atoms with van der Waals surface area (Å²) < 4.78 is 17.5. The highest BCUT2D eigenvalue weighted by atomic mass is 32.1. The van der Waals surface area contributed by atoms with Crippen LogP contribution in [0.15, 0.2) is 18.2 Å². The summed E-state index contributed by atoms with van der Waals surface area (Å²) in [5, 5.41) is 6.13. The summed E-state index contributed by atoms with van der Waals surface area (Å²) in [6.07, 6.45) is -0.971. The molecule has 2 aromatic rings. The second-order valence-electron chi connectivity index (χ2n) is 8.55. The van der Waals surface area contributed by atoms with Crippen LogP contribution >= 0.6 is 11.3 Å². The van der Waals surface area contributed by atoms with Gasteiger partial charge < -0.3 is 19.5 Å². The summed E-state index contributed by atoms with van der Waals surface area (Å²) in [5.41, 5.74) is 1.02. The minimum Gasteiger partial charge on any atom is -0.444 e. The van der Waals surface area contributed by atoms with Gasteiger partial charge in [0, 0.05) is 31.6 Å². The van der Waals surface area contributed by atoms with E-state index in [2.05, 4.69) is 15.6 Å². The van der Waals surface area contributed by atoms with Gasteiger partial charge in [-0.25, -0.2) is 9.78 Å². The van der Waals surface area contributed by atoms with Crippen LogP contribution < -0.4 is 10.6 Å². The molecule has 0 aliphatic rings. The minimum atomic E-state index is -0.590. The number of carbonyl (C=O) groups is 2. The lowest BCUT2D eigenvalue weighted by atomic mass is 9.94. The Kier molecular flexibility index (Phi) is 9.42. The Balaban J connectivity index is 2.05. The van der Waals surface area contributed by atoms with Crippen LogP contribution in [0.1, 0.15) is 54.0 Å². The smallest absolute Gasteiger partial charge is 0.413 e. The maximum atomic E-state index is 12.8. The summed E-state index contributed by atoms with van der Waals surface area (Å²) in [6.45, 7) is 14.4. The Hall–Kier alpha value is -2.23. The van der Waals surface area contributed by atoms with Crippen LogP contribution in [0, 0.1) is 11.8 Å². The Morgan fingerprint density at radius 3 is 2.38 bits per heavy atom. The first-order valence-electron chi connectivity index (χ1n) is 10.9. The molecular formula is C23H35N3O5S. The summed E-state index contributed by atoms with van der Waals surface area (Å²) >= 11 is 1.36. The highest BCUT2D eigenvalue weighted by Crippen LogP contribution is 2.29. The first-order chi connectivity index (χ1) is 15.1. The maximum Gasteiger partial charge on any atom is 0.413 e. The zero-order valence-electron chi connectivity index (χ0n) is 20.0. The molecule has 8 nitrogen and oxygen atoms in total. The third-order valence-electron chi connectivity index (χ3n) is 4.86. The van der Waals surface area contributed by atoms with E-state index < -0.39 is 18.0 Å². The standard InChI is InChI=1S/C23H35N3O5S/c1-8-29-20(30-9-2)15(4)14(3)19(27)24-13-16-11-10-12-17-18(16)25-21(32-17)26-22(28)31-23(5,6)7/h10-12,14-15,20H,8-9,13H2,1-7H3,(H,24,27)(H,25,26,28)/t14?,15-/m0/s1. The van der Waals surface area contributed by atoms with Crippen LogP contribution in [0.3, 0.4) is 0 Å². The number of anilines is 1. The number of amides is 2. The van der Waals surface area contributed by atoms with Crippen molar-refractivity contribution in [2.24, 2.45) is 11.8 Å². The van der Waals surface area contributed by atoms with Crippen molar-refractivity contribution in [3.05, 3.63) is 23.8 Å². The third kappa shape index (κ3) is 7.43. The average Bonchev–Trinajstić information content (AvgIpc) is 3.12. The number of nitrogens with zero attached hydrogens (tertiary/aromatic N) is 1. The van der Waals surface area contributed by atoms with Gasteiger partial charge in [-0.05, 0) is 46.2 Å². The van der Waals surface area contributed by atoms with Crippen LogP contribution in [-0.4, -0.2) is 42.1 Å². The quantitative estimate of drug-likeness (QED) is 0.483. The SMILES string of the molecule is CCOC(OCC)[C@@H](C)C(C)C(=O)NCc1cccc2sc(NC(=O)OC(C)(C)C)nc12. The number of benzene rings is 1. The van der Waals surface area contributed by atoms with E-state index in [1.807, 2.05) is 45.9 Å². The van der Waals surface area contributed by atoms with E-state index in [1.165, 1.54) is 11.3 Å². The van der Waals surface area contributed by atoms with Crippen molar-refractivity contribution in [1.82, 2.24) is 10.3 Å². The number of rotatable bonds is 10. The minimum absolute atomic E-state index is 0.0822. The summed E-state index contributed by atoms with van der Waals surface area (Å²) in [5.74, 6) is -0.479. The second kappa shape index (κ2) is 11.6. The van der Waals surface area contributed by atoms with E-state index in [0.717, 1.165) is 15.8 Å². The molecule has 2 N–H and O–H groups in total. The number of fused-ring (bicyclic) bond motifs is 1. The van der Waals surface area contributed by atoms with Gasteiger partial charge in [-0.15, -0.1) is 0 Å². The molecule has 2 rings (SSSR count). The first kappa shape index (κ1) is 26.0. The van der Waals surface area contributed by atoms with E-state index in [1.54, 1.807) is 20.8 Å². The zero-order chi connectivity index (χ0) is 23.9. The van der Waals surface area contributed by atoms with Crippen LogP contribution in [0.5, 0.6) is 0 Å². The van der Waals surface area contributed by atoms with E-state index in [4.69, 9.17) is 14.2 Å². The van der Waals surface area contributed by atoms with Crippen molar-refractivity contribution >= 4 is 38.7 Å². The van der Waals surface area contributed by atoms with Gasteiger partial charge in [0.2, 0.25) is 5.91 Å². The van der Waals surface area contributed by atoms with Crippen LogP contribution in [0.2, 0.25) is 0 Å². The Bertz CT molecular complexity index is 903. The van der Waals surface area contributed by atoms with Crippen molar-refractivity contribution in [2.75, 3.05) is 18.5 Å². The average molecular weight is 466 g/mol. The number of carbonyl (C=O) groups excluding carboxylic acids is 2. The van der Waals surface area contributed by atoms with Crippen LogP contribution in [0.25, 0.3) is 10.2 Å². The first-order valence-corrected chi connectivity index (χ1v) is 11.8. The highest BCUT2D eigenvalue weighted by Gasteiger charge is 2.28. The molecule has 2 amide bonds. The zero-order valence-corrected chi connectivity index (χ0v) is 20.8. The molecule has 0 saturated carbocycles. The topological polar surface area (TPSA) is 98.8 Å². The fraction of sp³-hybridized carbons (Fsp3) is 0.609. The number of hydrogen-bond donors (Lipinski definition) is 2. The number of para-hydroxylation sites is 1. The predicted molar refractivity (Wildman–Crippen MR) is 127 cm³/mol. The molecule has 178 valence electrons. The van der Waals surface area contributed by atoms with Crippen molar-refractivity contribution in [3.63, 3.8) is 0 Å². The molecule has 1 heterocycles. The van der Waals surface area contributed by atoms with Crippen molar-refractivity contribution in [2.45, 2.75) is 66.9 Å². The molecule has 0 spiro atoms. The number of nitrogens with one attached hydrogen (secondary N) is 2. The Morgan fingerprint density at radius 1 is 1.12 bits per heavy atom. The predicted octanol–water partition coefficient (Wildman–Crippen LogP) is 4.93. The molecule has 0 radical (unpaired) electrons. The van der Waals surface area contributed by atoms with Crippen molar-refractivity contribution in [1.29, 1.82) is 0 Å². The van der Waals surface area contributed by atoms with Gasteiger partial charge in [0.15, 0.2) is 11.4 Å². The molecule has 0 fully saturated rings. The van der Waals surface area contributed by atoms with Crippen LogP contribution in [0.4, 0.5) is 9.93 Å². The van der Waals surface area contributed by atoms with Crippen molar-refractivity contribution < 1.29 is 23.8 Å². The van der Waals surface area contributed by atoms with Gasteiger partial charge in [-0.3, -0.25) is 10.1 Å². The summed E-state index contributed by atoms with van der Waals surface area (Å²) in [6, 6.07) is 5.75. The van der Waals surface area contributed by atoms with Gasteiger partial charge >= 0.3 is 6.09 Å². The molecular weight excluding hydrogens is 430 g/mol. The molecule has 1 aromatic heterocycles.